The first kappa shape index (κ1) is 11.3. The predicted octanol–water partition coefficient (Wildman–Crippen LogP) is 1.74. The van der Waals surface area contributed by atoms with Gasteiger partial charge in [0.25, 0.3) is 0 Å². The Morgan fingerprint density at radius 3 is 2.69 bits per heavy atom. The molecule has 0 radical (unpaired) electrons. The number of nitrogens with zero attached hydrogens (tertiary/aromatic N) is 1. The quantitative estimate of drug-likeness (QED) is 0.839. The predicted molar refractivity (Wildman–Crippen MR) is 67.2 cm³/mol. The Morgan fingerprint density at radius 1 is 1.31 bits per heavy atom. The highest BCUT2D eigenvalue weighted by molar-refractivity contribution is 5.58. The SMILES string of the molecule is COc1ccccc1N(C)C1CNCC1C. The zero-order chi connectivity index (χ0) is 11.5. The second-order valence-electron chi connectivity index (χ2n) is 4.49. The van der Waals surface area contributed by atoms with Crippen molar-refractivity contribution >= 4 is 5.69 Å². The molecule has 0 aliphatic carbocycles. The van der Waals surface area contributed by atoms with Gasteiger partial charge in [0.1, 0.15) is 5.75 Å². The summed E-state index contributed by atoms with van der Waals surface area (Å²) in [5, 5.41) is 3.43. The molecule has 88 valence electrons. The highest BCUT2D eigenvalue weighted by Crippen LogP contribution is 2.30. The van der Waals surface area contributed by atoms with Crippen LogP contribution < -0.4 is 15.0 Å². The number of nitrogens with one attached hydrogen (secondary N) is 1. The molecule has 1 aliphatic rings. The summed E-state index contributed by atoms with van der Waals surface area (Å²) in [5.74, 6) is 1.62. The van der Waals surface area contributed by atoms with Crippen molar-refractivity contribution in [2.45, 2.75) is 13.0 Å². The maximum absolute atomic E-state index is 5.40. The van der Waals surface area contributed by atoms with E-state index in [9.17, 15) is 0 Å². The van der Waals surface area contributed by atoms with E-state index in [1.807, 2.05) is 12.1 Å². The van der Waals surface area contributed by atoms with Crippen LogP contribution in [0.2, 0.25) is 0 Å². The Hall–Kier alpha value is -1.22. The van der Waals surface area contributed by atoms with Crippen LogP contribution in [0, 0.1) is 5.92 Å². The first-order valence-electron chi connectivity index (χ1n) is 5.80. The maximum atomic E-state index is 5.40. The Balaban J connectivity index is 2.22. The van der Waals surface area contributed by atoms with E-state index in [0.29, 0.717) is 12.0 Å². The number of hydrogen-bond donors (Lipinski definition) is 1. The summed E-state index contributed by atoms with van der Waals surface area (Å²) in [6, 6.07) is 8.74. The number of rotatable bonds is 3. The van der Waals surface area contributed by atoms with Gasteiger partial charge in [0.15, 0.2) is 0 Å². The molecule has 2 atom stereocenters. The van der Waals surface area contributed by atoms with E-state index < -0.39 is 0 Å². The third-order valence-electron chi connectivity index (χ3n) is 3.44. The van der Waals surface area contributed by atoms with Crippen molar-refractivity contribution in [3.8, 4) is 5.75 Å². The minimum absolute atomic E-state index is 0.552. The topological polar surface area (TPSA) is 24.5 Å². The molecule has 1 aromatic carbocycles. The van der Waals surface area contributed by atoms with Crippen molar-refractivity contribution in [3.63, 3.8) is 0 Å². The van der Waals surface area contributed by atoms with Crippen LogP contribution in [0.5, 0.6) is 5.75 Å². The lowest BCUT2D eigenvalue weighted by Crippen LogP contribution is -2.37. The molecule has 0 saturated carbocycles. The number of likely N-dealkylation sites (N-methyl/N-ethyl adjacent to an activating group) is 1. The summed E-state index contributed by atoms with van der Waals surface area (Å²) < 4.78 is 5.40. The van der Waals surface area contributed by atoms with E-state index in [-0.39, 0.29) is 0 Å². The molecule has 2 rings (SSSR count). The number of anilines is 1. The molecule has 1 aliphatic heterocycles. The van der Waals surface area contributed by atoms with Gasteiger partial charge in [0, 0.05) is 19.6 Å². The molecule has 0 aromatic heterocycles. The molecule has 1 N–H and O–H groups in total. The molecule has 0 bridgehead atoms. The van der Waals surface area contributed by atoms with Gasteiger partial charge in [0.2, 0.25) is 0 Å². The van der Waals surface area contributed by atoms with Crippen molar-refractivity contribution < 1.29 is 4.74 Å². The van der Waals surface area contributed by atoms with Crippen molar-refractivity contribution in [2.75, 3.05) is 32.1 Å². The molecule has 2 unspecified atom stereocenters. The summed E-state index contributed by atoms with van der Waals surface area (Å²) in [5.41, 5.74) is 1.17. The molecule has 0 amide bonds. The molecular formula is C13H20N2O. The van der Waals surface area contributed by atoms with Crippen molar-refractivity contribution in [1.29, 1.82) is 0 Å². The van der Waals surface area contributed by atoms with Crippen LogP contribution in [0.1, 0.15) is 6.92 Å². The fourth-order valence-corrected chi connectivity index (χ4v) is 2.41. The molecule has 3 heteroatoms. The molecule has 16 heavy (non-hydrogen) atoms. The van der Waals surface area contributed by atoms with Gasteiger partial charge in [-0.1, -0.05) is 19.1 Å². The third kappa shape index (κ3) is 2.00. The lowest BCUT2D eigenvalue weighted by molar-refractivity contribution is 0.412. The minimum atomic E-state index is 0.552. The fraction of sp³-hybridized carbons (Fsp3) is 0.538. The van der Waals surface area contributed by atoms with E-state index in [1.165, 1.54) is 5.69 Å². The van der Waals surface area contributed by atoms with Gasteiger partial charge in [-0.2, -0.15) is 0 Å². The van der Waals surface area contributed by atoms with Crippen LogP contribution >= 0.6 is 0 Å². The summed E-state index contributed by atoms with van der Waals surface area (Å²) in [6.45, 7) is 4.44. The number of benzene rings is 1. The highest BCUT2D eigenvalue weighted by Gasteiger charge is 2.27. The summed E-state index contributed by atoms with van der Waals surface area (Å²) in [4.78, 5) is 2.32. The monoisotopic (exact) mass is 220 g/mol. The first-order chi connectivity index (χ1) is 7.74. The van der Waals surface area contributed by atoms with Gasteiger partial charge in [0.05, 0.1) is 12.8 Å². The zero-order valence-electron chi connectivity index (χ0n) is 10.2. The van der Waals surface area contributed by atoms with Crippen molar-refractivity contribution in [3.05, 3.63) is 24.3 Å². The lowest BCUT2D eigenvalue weighted by atomic mass is 10.0. The van der Waals surface area contributed by atoms with Gasteiger partial charge in [-0.05, 0) is 24.6 Å². The normalized spacial score (nSPS) is 24.4. The Kier molecular flexibility index (Phi) is 3.34. The second-order valence-corrected chi connectivity index (χ2v) is 4.49. The van der Waals surface area contributed by atoms with Crippen LogP contribution in [-0.2, 0) is 0 Å². The van der Waals surface area contributed by atoms with Crippen molar-refractivity contribution in [1.82, 2.24) is 5.32 Å². The number of methoxy groups -OCH3 is 1. The Morgan fingerprint density at radius 2 is 2.06 bits per heavy atom. The average molecular weight is 220 g/mol. The Bertz CT molecular complexity index is 354. The summed E-state index contributed by atoms with van der Waals surface area (Å²) >= 11 is 0. The Labute approximate surface area is 97.4 Å². The molecule has 1 heterocycles. The zero-order valence-corrected chi connectivity index (χ0v) is 10.2. The first-order valence-corrected chi connectivity index (χ1v) is 5.80. The van der Waals surface area contributed by atoms with Gasteiger partial charge in [-0.3, -0.25) is 0 Å². The van der Waals surface area contributed by atoms with E-state index >= 15 is 0 Å². The van der Waals surface area contributed by atoms with Crippen LogP contribution in [0.3, 0.4) is 0 Å². The van der Waals surface area contributed by atoms with E-state index in [0.717, 1.165) is 18.8 Å². The molecule has 3 nitrogen and oxygen atoms in total. The summed E-state index contributed by atoms with van der Waals surface area (Å²) in [6.07, 6.45) is 0. The summed E-state index contributed by atoms with van der Waals surface area (Å²) in [7, 11) is 3.87. The number of ether oxygens (including phenoxy) is 1. The van der Waals surface area contributed by atoms with E-state index in [4.69, 9.17) is 4.74 Å². The van der Waals surface area contributed by atoms with Gasteiger partial charge in [-0.25, -0.2) is 0 Å². The van der Waals surface area contributed by atoms with Crippen LogP contribution in [-0.4, -0.2) is 33.3 Å². The maximum Gasteiger partial charge on any atom is 0.142 e. The van der Waals surface area contributed by atoms with Crippen LogP contribution in [0.25, 0.3) is 0 Å². The van der Waals surface area contributed by atoms with Crippen molar-refractivity contribution in [2.24, 2.45) is 5.92 Å². The standard InChI is InChI=1S/C13H20N2O/c1-10-8-14-9-12(10)15(2)11-6-4-5-7-13(11)16-3/h4-7,10,12,14H,8-9H2,1-3H3. The van der Waals surface area contributed by atoms with Gasteiger partial charge >= 0.3 is 0 Å². The highest BCUT2D eigenvalue weighted by atomic mass is 16.5. The molecule has 0 spiro atoms. The third-order valence-corrected chi connectivity index (χ3v) is 3.44. The molecule has 1 fully saturated rings. The number of hydrogen-bond acceptors (Lipinski definition) is 3. The number of para-hydroxylation sites is 2. The van der Waals surface area contributed by atoms with Crippen LogP contribution in [0.4, 0.5) is 5.69 Å². The van der Waals surface area contributed by atoms with E-state index in [1.54, 1.807) is 7.11 Å². The van der Waals surface area contributed by atoms with Gasteiger partial charge in [-0.15, -0.1) is 0 Å². The fourth-order valence-electron chi connectivity index (χ4n) is 2.41. The average Bonchev–Trinajstić information content (AvgIpc) is 2.74. The lowest BCUT2D eigenvalue weighted by Gasteiger charge is -2.30. The minimum Gasteiger partial charge on any atom is -0.495 e. The molecule has 1 saturated heterocycles. The molecular weight excluding hydrogens is 200 g/mol. The smallest absolute Gasteiger partial charge is 0.142 e. The second kappa shape index (κ2) is 4.74. The van der Waals surface area contributed by atoms with E-state index in [2.05, 4.69) is 36.3 Å². The largest absolute Gasteiger partial charge is 0.495 e. The van der Waals surface area contributed by atoms with Gasteiger partial charge < -0.3 is 15.0 Å². The van der Waals surface area contributed by atoms with Crippen LogP contribution in [0.15, 0.2) is 24.3 Å². The molecule has 1 aromatic rings.